The van der Waals surface area contributed by atoms with Gasteiger partial charge in [0.25, 0.3) is 0 Å². The molecule has 1 N–H and O–H groups in total. The van der Waals surface area contributed by atoms with Gasteiger partial charge in [-0.1, -0.05) is 0 Å². The van der Waals surface area contributed by atoms with Crippen LogP contribution >= 0.6 is 11.3 Å². The molecule has 78 valence electrons. The van der Waals surface area contributed by atoms with Gasteiger partial charge >= 0.3 is 0 Å². The first-order chi connectivity index (χ1) is 7.25. The average molecular weight is 219 g/mol. The molecule has 0 saturated carbocycles. The fourth-order valence-electron chi connectivity index (χ4n) is 1.30. The van der Waals surface area contributed by atoms with Crippen molar-refractivity contribution in [1.82, 2.24) is 10.2 Å². The lowest BCUT2D eigenvalue weighted by atomic mass is 10.2. The molecule has 2 aromatic heterocycles. The lowest BCUT2D eigenvalue weighted by Gasteiger charge is -2.12. The molecule has 0 bridgehead atoms. The number of thiophene rings is 1. The molecular weight excluding hydrogens is 206 g/mol. The van der Waals surface area contributed by atoms with Crippen LogP contribution in [0.15, 0.2) is 29.0 Å². The van der Waals surface area contributed by atoms with Crippen LogP contribution in [0.1, 0.15) is 24.2 Å². The highest BCUT2D eigenvalue weighted by Gasteiger charge is 2.05. The Morgan fingerprint density at radius 1 is 1.27 bits per heavy atom. The van der Waals surface area contributed by atoms with Crippen molar-refractivity contribution in [3.05, 3.63) is 40.2 Å². The molecule has 0 aliphatic heterocycles. The third-order valence-corrected chi connectivity index (χ3v) is 2.91. The third-order valence-electron chi connectivity index (χ3n) is 2.21. The largest absolute Gasteiger partial charge is 0.362 e. The molecule has 0 saturated heterocycles. The number of anilines is 1. The van der Waals surface area contributed by atoms with E-state index in [1.807, 2.05) is 19.1 Å². The molecule has 0 aliphatic rings. The smallest absolute Gasteiger partial charge is 0.149 e. The van der Waals surface area contributed by atoms with E-state index in [2.05, 4.69) is 39.3 Å². The molecular formula is C11H13N3S. The van der Waals surface area contributed by atoms with Crippen LogP contribution in [0.5, 0.6) is 0 Å². The highest BCUT2D eigenvalue weighted by molar-refractivity contribution is 7.07. The summed E-state index contributed by atoms with van der Waals surface area (Å²) in [6.07, 6.45) is 0. The molecule has 0 aromatic carbocycles. The SMILES string of the molecule is Cc1ccc(NC(C)c2ccsc2)nn1. The zero-order valence-electron chi connectivity index (χ0n) is 8.77. The fourth-order valence-corrected chi connectivity index (χ4v) is 2.06. The lowest BCUT2D eigenvalue weighted by molar-refractivity contribution is 0.859. The molecule has 0 spiro atoms. The van der Waals surface area contributed by atoms with E-state index in [4.69, 9.17) is 0 Å². The molecule has 2 aromatic rings. The zero-order chi connectivity index (χ0) is 10.7. The molecule has 2 rings (SSSR count). The molecule has 15 heavy (non-hydrogen) atoms. The Morgan fingerprint density at radius 2 is 2.13 bits per heavy atom. The van der Waals surface area contributed by atoms with Crippen LogP contribution in [-0.4, -0.2) is 10.2 Å². The van der Waals surface area contributed by atoms with Crippen molar-refractivity contribution in [3.8, 4) is 0 Å². The molecule has 1 atom stereocenters. The highest BCUT2D eigenvalue weighted by atomic mass is 32.1. The summed E-state index contributed by atoms with van der Waals surface area (Å²) in [5.41, 5.74) is 2.21. The van der Waals surface area contributed by atoms with E-state index in [0.717, 1.165) is 11.5 Å². The van der Waals surface area contributed by atoms with Crippen LogP contribution in [0.4, 0.5) is 5.82 Å². The van der Waals surface area contributed by atoms with Crippen molar-refractivity contribution in [2.24, 2.45) is 0 Å². The summed E-state index contributed by atoms with van der Waals surface area (Å²) in [6.45, 7) is 4.04. The van der Waals surface area contributed by atoms with Gasteiger partial charge in [-0.05, 0) is 48.4 Å². The molecule has 0 aliphatic carbocycles. The number of aryl methyl sites for hydroxylation is 1. The molecule has 0 amide bonds. The number of hydrogen-bond acceptors (Lipinski definition) is 4. The van der Waals surface area contributed by atoms with Gasteiger partial charge in [-0.15, -0.1) is 5.10 Å². The van der Waals surface area contributed by atoms with Crippen LogP contribution in [0.2, 0.25) is 0 Å². The van der Waals surface area contributed by atoms with Gasteiger partial charge in [-0.25, -0.2) is 0 Å². The molecule has 0 fully saturated rings. The van der Waals surface area contributed by atoms with Crippen LogP contribution in [0.3, 0.4) is 0 Å². The summed E-state index contributed by atoms with van der Waals surface area (Å²) in [7, 11) is 0. The second-order valence-corrected chi connectivity index (χ2v) is 4.26. The second kappa shape index (κ2) is 4.40. The summed E-state index contributed by atoms with van der Waals surface area (Å²) in [5.74, 6) is 0.819. The van der Waals surface area contributed by atoms with Crippen LogP contribution in [0.25, 0.3) is 0 Å². The minimum Gasteiger partial charge on any atom is -0.362 e. The van der Waals surface area contributed by atoms with Crippen LogP contribution in [-0.2, 0) is 0 Å². The zero-order valence-corrected chi connectivity index (χ0v) is 9.58. The molecule has 4 heteroatoms. The van der Waals surface area contributed by atoms with Gasteiger partial charge in [0, 0.05) is 0 Å². The first kappa shape index (κ1) is 10.1. The summed E-state index contributed by atoms with van der Waals surface area (Å²) in [6, 6.07) is 6.29. The molecule has 2 heterocycles. The fraction of sp³-hybridized carbons (Fsp3) is 0.273. The highest BCUT2D eigenvalue weighted by Crippen LogP contribution is 2.19. The summed E-state index contributed by atoms with van der Waals surface area (Å²) < 4.78 is 0. The summed E-state index contributed by atoms with van der Waals surface area (Å²) in [4.78, 5) is 0. The standard InChI is InChI=1S/C11H13N3S/c1-8-3-4-11(14-13-8)12-9(2)10-5-6-15-7-10/h3-7,9H,1-2H3,(H,12,14). The number of nitrogens with zero attached hydrogens (tertiary/aromatic N) is 2. The second-order valence-electron chi connectivity index (χ2n) is 3.48. The monoisotopic (exact) mass is 219 g/mol. The van der Waals surface area contributed by atoms with Crippen molar-refractivity contribution in [3.63, 3.8) is 0 Å². The van der Waals surface area contributed by atoms with Gasteiger partial charge in [0.1, 0.15) is 5.82 Å². The van der Waals surface area contributed by atoms with E-state index in [1.165, 1.54) is 5.56 Å². The molecule has 1 unspecified atom stereocenters. The molecule has 0 radical (unpaired) electrons. The number of aromatic nitrogens is 2. The van der Waals surface area contributed by atoms with E-state index < -0.39 is 0 Å². The van der Waals surface area contributed by atoms with Gasteiger partial charge in [0.05, 0.1) is 11.7 Å². The normalized spacial score (nSPS) is 12.4. The molecule has 3 nitrogen and oxygen atoms in total. The van der Waals surface area contributed by atoms with Crippen molar-refractivity contribution in [2.45, 2.75) is 19.9 Å². The van der Waals surface area contributed by atoms with Gasteiger partial charge in [-0.3, -0.25) is 0 Å². The Hall–Kier alpha value is -1.42. The van der Waals surface area contributed by atoms with Crippen LogP contribution < -0.4 is 5.32 Å². The maximum atomic E-state index is 4.07. The van der Waals surface area contributed by atoms with Crippen molar-refractivity contribution in [2.75, 3.05) is 5.32 Å². The van der Waals surface area contributed by atoms with Gasteiger partial charge < -0.3 is 5.32 Å². The summed E-state index contributed by atoms with van der Waals surface area (Å²) in [5, 5.41) is 15.6. The van der Waals surface area contributed by atoms with Crippen molar-refractivity contribution < 1.29 is 0 Å². The predicted octanol–water partition coefficient (Wildman–Crippen LogP) is 3.02. The van der Waals surface area contributed by atoms with Crippen molar-refractivity contribution >= 4 is 17.2 Å². The van der Waals surface area contributed by atoms with Gasteiger partial charge in [-0.2, -0.15) is 16.4 Å². The Balaban J connectivity index is 2.06. The maximum Gasteiger partial charge on any atom is 0.149 e. The summed E-state index contributed by atoms with van der Waals surface area (Å²) >= 11 is 1.70. The average Bonchev–Trinajstić information content (AvgIpc) is 2.74. The van der Waals surface area contributed by atoms with Gasteiger partial charge in [0.2, 0.25) is 0 Å². The quantitative estimate of drug-likeness (QED) is 0.862. The first-order valence-electron chi connectivity index (χ1n) is 4.84. The van der Waals surface area contributed by atoms with E-state index >= 15 is 0 Å². The Labute approximate surface area is 93.2 Å². The number of rotatable bonds is 3. The lowest BCUT2D eigenvalue weighted by Crippen LogP contribution is -2.07. The van der Waals surface area contributed by atoms with Gasteiger partial charge in [0.15, 0.2) is 0 Å². The number of nitrogens with one attached hydrogen (secondary N) is 1. The Kier molecular flexibility index (Phi) is 2.97. The van der Waals surface area contributed by atoms with Crippen LogP contribution in [0, 0.1) is 6.92 Å². The van der Waals surface area contributed by atoms with E-state index in [0.29, 0.717) is 0 Å². The van der Waals surface area contributed by atoms with Crippen molar-refractivity contribution in [1.29, 1.82) is 0 Å². The number of hydrogen-bond donors (Lipinski definition) is 1. The Bertz CT molecular complexity index is 408. The third kappa shape index (κ3) is 2.53. The maximum absolute atomic E-state index is 4.07. The topological polar surface area (TPSA) is 37.8 Å². The van der Waals surface area contributed by atoms with E-state index in [1.54, 1.807) is 11.3 Å². The van der Waals surface area contributed by atoms with E-state index in [-0.39, 0.29) is 6.04 Å². The predicted molar refractivity (Wildman–Crippen MR) is 63.1 cm³/mol. The minimum atomic E-state index is 0.272. The minimum absolute atomic E-state index is 0.272. The van der Waals surface area contributed by atoms with E-state index in [9.17, 15) is 0 Å². The Morgan fingerprint density at radius 3 is 2.73 bits per heavy atom. The first-order valence-corrected chi connectivity index (χ1v) is 5.79.